The predicted molar refractivity (Wildman–Crippen MR) is 44.0 cm³/mol. The van der Waals surface area contributed by atoms with Gasteiger partial charge in [-0.25, -0.2) is 0 Å². The van der Waals surface area contributed by atoms with E-state index in [-0.39, 0.29) is 0 Å². The molecule has 2 heteroatoms. The lowest BCUT2D eigenvalue weighted by Crippen LogP contribution is -1.95. The van der Waals surface area contributed by atoms with E-state index in [2.05, 4.69) is 6.58 Å². The van der Waals surface area contributed by atoms with Gasteiger partial charge in [0, 0.05) is 12.8 Å². The standard InChI is InChI=1S/C9H14O2/c1-8-6-9(2)11-5-3-4-10-7-8/h7H,2-6H2,1H3/b8-7-. The molecule has 0 aromatic heterocycles. The smallest absolute Gasteiger partial charge is 0.0929 e. The van der Waals surface area contributed by atoms with Gasteiger partial charge in [-0.15, -0.1) is 0 Å². The van der Waals surface area contributed by atoms with Crippen LogP contribution in [0.3, 0.4) is 0 Å². The van der Waals surface area contributed by atoms with E-state index in [4.69, 9.17) is 9.47 Å². The Balaban J connectivity index is 2.48. The summed E-state index contributed by atoms with van der Waals surface area (Å²) in [7, 11) is 0. The lowest BCUT2D eigenvalue weighted by Gasteiger charge is -2.05. The number of ether oxygens (including phenoxy) is 2. The van der Waals surface area contributed by atoms with Crippen molar-refractivity contribution >= 4 is 0 Å². The first-order valence-corrected chi connectivity index (χ1v) is 3.87. The highest BCUT2D eigenvalue weighted by Crippen LogP contribution is 2.11. The maximum absolute atomic E-state index is 5.32. The van der Waals surface area contributed by atoms with Crippen molar-refractivity contribution in [2.75, 3.05) is 13.2 Å². The Hall–Kier alpha value is -0.920. The summed E-state index contributed by atoms with van der Waals surface area (Å²) in [5.74, 6) is 0.837. The molecular formula is C9H14O2. The first-order valence-electron chi connectivity index (χ1n) is 3.87. The van der Waals surface area contributed by atoms with Crippen molar-refractivity contribution < 1.29 is 9.47 Å². The van der Waals surface area contributed by atoms with Crippen molar-refractivity contribution in [2.24, 2.45) is 0 Å². The summed E-state index contributed by atoms with van der Waals surface area (Å²) in [6.07, 6.45) is 3.52. The van der Waals surface area contributed by atoms with Crippen molar-refractivity contribution in [1.29, 1.82) is 0 Å². The van der Waals surface area contributed by atoms with E-state index in [9.17, 15) is 0 Å². The van der Waals surface area contributed by atoms with Gasteiger partial charge in [0.05, 0.1) is 25.2 Å². The highest BCUT2D eigenvalue weighted by molar-refractivity contribution is 5.04. The average Bonchev–Trinajstić information content (AvgIpc) is 2.02. The van der Waals surface area contributed by atoms with Crippen LogP contribution in [0.4, 0.5) is 0 Å². The van der Waals surface area contributed by atoms with E-state index < -0.39 is 0 Å². The molecule has 0 amide bonds. The van der Waals surface area contributed by atoms with Gasteiger partial charge in [-0.2, -0.15) is 0 Å². The fraction of sp³-hybridized carbons (Fsp3) is 0.556. The molecule has 1 aliphatic rings. The van der Waals surface area contributed by atoms with E-state index in [0.29, 0.717) is 0 Å². The van der Waals surface area contributed by atoms with Gasteiger partial charge in [-0.3, -0.25) is 0 Å². The van der Waals surface area contributed by atoms with Crippen LogP contribution in [0.1, 0.15) is 19.8 Å². The minimum absolute atomic E-state index is 0.722. The molecule has 0 bridgehead atoms. The first-order chi connectivity index (χ1) is 5.29. The van der Waals surface area contributed by atoms with Crippen LogP contribution < -0.4 is 0 Å². The third-order valence-electron chi connectivity index (χ3n) is 1.47. The summed E-state index contributed by atoms with van der Waals surface area (Å²) in [6, 6.07) is 0. The zero-order valence-corrected chi connectivity index (χ0v) is 6.93. The van der Waals surface area contributed by atoms with Crippen LogP contribution in [-0.4, -0.2) is 13.2 Å². The monoisotopic (exact) mass is 154 g/mol. The zero-order valence-electron chi connectivity index (χ0n) is 6.93. The van der Waals surface area contributed by atoms with Crippen LogP contribution in [-0.2, 0) is 9.47 Å². The predicted octanol–water partition coefficient (Wildman–Crippen LogP) is 2.23. The average molecular weight is 154 g/mol. The molecule has 0 fully saturated rings. The fourth-order valence-electron chi connectivity index (χ4n) is 0.964. The molecule has 1 rings (SSSR count). The Bertz CT molecular complexity index is 170. The molecule has 0 unspecified atom stereocenters. The summed E-state index contributed by atoms with van der Waals surface area (Å²) in [5, 5.41) is 0. The normalized spacial score (nSPS) is 24.8. The van der Waals surface area contributed by atoms with E-state index >= 15 is 0 Å². The highest BCUT2D eigenvalue weighted by atomic mass is 16.5. The Labute approximate surface area is 67.5 Å². The molecule has 0 spiro atoms. The molecule has 11 heavy (non-hydrogen) atoms. The maximum atomic E-state index is 5.32. The number of hydrogen-bond donors (Lipinski definition) is 0. The fourth-order valence-corrected chi connectivity index (χ4v) is 0.964. The number of rotatable bonds is 0. The van der Waals surface area contributed by atoms with Crippen LogP contribution >= 0.6 is 0 Å². The Kier molecular flexibility index (Phi) is 3.02. The third kappa shape index (κ3) is 3.12. The van der Waals surface area contributed by atoms with Gasteiger partial charge in [-0.05, 0) is 12.5 Å². The van der Waals surface area contributed by atoms with Crippen LogP contribution in [0.15, 0.2) is 24.2 Å². The van der Waals surface area contributed by atoms with Crippen LogP contribution in [0.2, 0.25) is 0 Å². The van der Waals surface area contributed by atoms with Crippen molar-refractivity contribution in [3.8, 4) is 0 Å². The molecule has 0 radical (unpaired) electrons. The van der Waals surface area contributed by atoms with Gasteiger partial charge >= 0.3 is 0 Å². The summed E-state index contributed by atoms with van der Waals surface area (Å²) >= 11 is 0. The minimum Gasteiger partial charge on any atom is -0.501 e. The van der Waals surface area contributed by atoms with Gasteiger partial charge in [0.1, 0.15) is 0 Å². The zero-order chi connectivity index (χ0) is 8.10. The highest BCUT2D eigenvalue weighted by Gasteiger charge is 2.00. The molecule has 0 aromatic rings. The van der Waals surface area contributed by atoms with Crippen molar-refractivity contribution in [2.45, 2.75) is 19.8 Å². The number of hydrogen-bond acceptors (Lipinski definition) is 2. The van der Waals surface area contributed by atoms with E-state index in [0.717, 1.165) is 37.4 Å². The summed E-state index contributed by atoms with van der Waals surface area (Å²) in [4.78, 5) is 0. The molecule has 0 aliphatic carbocycles. The first kappa shape index (κ1) is 8.18. The van der Waals surface area contributed by atoms with Gasteiger partial charge in [0.15, 0.2) is 0 Å². The van der Waals surface area contributed by atoms with Crippen molar-refractivity contribution in [3.63, 3.8) is 0 Å². The summed E-state index contributed by atoms with van der Waals surface area (Å²) in [5.41, 5.74) is 1.16. The van der Waals surface area contributed by atoms with Gasteiger partial charge in [0.2, 0.25) is 0 Å². The summed E-state index contributed by atoms with van der Waals surface area (Å²) < 4.78 is 10.5. The molecule has 2 nitrogen and oxygen atoms in total. The SMILES string of the molecule is C=C1C/C(C)=C\OCCCO1. The maximum Gasteiger partial charge on any atom is 0.0929 e. The largest absolute Gasteiger partial charge is 0.501 e. The van der Waals surface area contributed by atoms with Crippen LogP contribution in [0, 0.1) is 0 Å². The summed E-state index contributed by atoms with van der Waals surface area (Å²) in [6.45, 7) is 7.27. The molecule has 0 N–H and O–H groups in total. The molecule has 0 saturated carbocycles. The van der Waals surface area contributed by atoms with Crippen molar-refractivity contribution in [3.05, 3.63) is 24.2 Å². The second-order valence-corrected chi connectivity index (χ2v) is 2.75. The molecule has 0 aromatic carbocycles. The Morgan fingerprint density at radius 1 is 1.45 bits per heavy atom. The molecule has 0 saturated heterocycles. The second kappa shape index (κ2) is 4.06. The third-order valence-corrected chi connectivity index (χ3v) is 1.47. The van der Waals surface area contributed by atoms with E-state index in [1.165, 1.54) is 0 Å². The van der Waals surface area contributed by atoms with Gasteiger partial charge in [0.25, 0.3) is 0 Å². The van der Waals surface area contributed by atoms with Crippen molar-refractivity contribution in [1.82, 2.24) is 0 Å². The lowest BCUT2D eigenvalue weighted by molar-refractivity contribution is 0.171. The van der Waals surface area contributed by atoms with E-state index in [1.54, 1.807) is 6.26 Å². The molecule has 0 atom stereocenters. The molecule has 1 heterocycles. The van der Waals surface area contributed by atoms with Crippen LogP contribution in [0.5, 0.6) is 0 Å². The molecule has 62 valence electrons. The molecular weight excluding hydrogens is 140 g/mol. The Morgan fingerprint density at radius 2 is 2.27 bits per heavy atom. The van der Waals surface area contributed by atoms with Crippen LogP contribution in [0.25, 0.3) is 0 Å². The van der Waals surface area contributed by atoms with Gasteiger partial charge in [-0.1, -0.05) is 6.58 Å². The topological polar surface area (TPSA) is 18.5 Å². The van der Waals surface area contributed by atoms with E-state index in [1.807, 2.05) is 6.92 Å². The quantitative estimate of drug-likeness (QED) is 0.532. The molecule has 1 aliphatic heterocycles. The lowest BCUT2D eigenvalue weighted by atomic mass is 10.2. The second-order valence-electron chi connectivity index (χ2n) is 2.75. The van der Waals surface area contributed by atoms with Gasteiger partial charge < -0.3 is 9.47 Å². The minimum atomic E-state index is 0.722. The number of allylic oxidation sites excluding steroid dienone is 1. The Morgan fingerprint density at radius 3 is 3.09 bits per heavy atom.